The average molecular weight is 188 g/mol. The molecule has 0 radical (unpaired) electrons. The molecular weight excluding hydrogens is 182 g/mol. The maximum Gasteiger partial charge on any atom is 0.289 e. The summed E-state index contributed by atoms with van der Waals surface area (Å²) >= 11 is 5.58. The van der Waals surface area contributed by atoms with Crippen molar-refractivity contribution in [3.05, 3.63) is 21.6 Å². The van der Waals surface area contributed by atoms with E-state index in [0.29, 0.717) is 0 Å². The minimum atomic E-state index is -0.516. The number of aromatic nitrogens is 2. The average Bonchev–Trinajstić information content (AvgIpc) is 1.97. The van der Waals surface area contributed by atoms with Crippen LogP contribution in [0.25, 0.3) is 0 Å². The quantitative estimate of drug-likeness (QED) is 0.668. The van der Waals surface area contributed by atoms with Crippen LogP contribution in [0.4, 0.5) is 5.69 Å². The van der Waals surface area contributed by atoms with Crippen molar-refractivity contribution in [3.8, 4) is 0 Å². The lowest BCUT2D eigenvalue weighted by Gasteiger charge is -2.00. The minimum absolute atomic E-state index is 0.0270. The van der Waals surface area contributed by atoms with Gasteiger partial charge in [0.15, 0.2) is 0 Å². The van der Waals surface area contributed by atoms with Gasteiger partial charge >= 0.3 is 0 Å². The second kappa shape index (κ2) is 3.36. The van der Waals surface area contributed by atoms with Gasteiger partial charge in [-0.05, 0) is 0 Å². The highest BCUT2D eigenvalue weighted by molar-refractivity contribution is 6.33. The van der Waals surface area contributed by atoms with Crippen molar-refractivity contribution in [1.29, 1.82) is 0 Å². The van der Waals surface area contributed by atoms with Gasteiger partial charge in [-0.25, -0.2) is 5.10 Å². The third-order valence-corrected chi connectivity index (χ3v) is 1.40. The van der Waals surface area contributed by atoms with Crippen molar-refractivity contribution in [2.24, 2.45) is 0 Å². The first-order valence-corrected chi connectivity index (χ1v) is 3.50. The molecule has 0 atom stereocenters. The number of nitrogens with one attached hydrogen (secondary N) is 2. The number of nitrogens with zero attached hydrogens (tertiary/aromatic N) is 1. The Bertz CT molecular complexity index is 360. The zero-order chi connectivity index (χ0) is 9.14. The van der Waals surface area contributed by atoms with E-state index in [1.807, 2.05) is 0 Å². The maximum atomic E-state index is 11.0. The molecule has 0 spiro atoms. The smallest absolute Gasteiger partial charge is 0.289 e. The second-order valence-electron chi connectivity index (χ2n) is 2.10. The van der Waals surface area contributed by atoms with E-state index in [1.54, 1.807) is 0 Å². The van der Waals surface area contributed by atoms with Crippen molar-refractivity contribution >= 4 is 23.2 Å². The predicted octanol–water partition coefficient (Wildman–Crippen LogP) is 0.382. The molecule has 0 aliphatic heterocycles. The number of amides is 1. The van der Waals surface area contributed by atoms with Gasteiger partial charge in [-0.1, -0.05) is 11.6 Å². The second-order valence-corrected chi connectivity index (χ2v) is 2.51. The van der Waals surface area contributed by atoms with Crippen LogP contribution >= 0.6 is 11.6 Å². The number of carbonyl (C=O) groups is 1. The lowest BCUT2D eigenvalue weighted by Crippen LogP contribution is -2.18. The largest absolute Gasteiger partial charge is 0.320 e. The molecule has 1 heterocycles. The molecule has 64 valence electrons. The van der Waals surface area contributed by atoms with E-state index in [9.17, 15) is 9.59 Å². The molecule has 0 unspecified atom stereocenters. The number of anilines is 1. The normalized spacial score (nSPS) is 9.50. The topological polar surface area (TPSA) is 74.8 Å². The first kappa shape index (κ1) is 8.73. The molecule has 0 bridgehead atoms. The Morgan fingerprint density at radius 3 is 2.92 bits per heavy atom. The molecule has 0 aliphatic carbocycles. The molecule has 6 heteroatoms. The number of aromatic amines is 1. The Balaban J connectivity index is 3.13. The van der Waals surface area contributed by atoms with Crippen molar-refractivity contribution in [2.45, 2.75) is 6.92 Å². The van der Waals surface area contributed by atoms with Crippen molar-refractivity contribution in [2.75, 3.05) is 5.32 Å². The molecule has 1 amide bonds. The molecular formula is C6H6ClN3O2. The van der Waals surface area contributed by atoms with Crippen molar-refractivity contribution in [1.82, 2.24) is 10.2 Å². The molecule has 0 saturated heterocycles. The van der Waals surface area contributed by atoms with Gasteiger partial charge in [-0.2, -0.15) is 5.10 Å². The Labute approximate surface area is 72.7 Å². The molecule has 12 heavy (non-hydrogen) atoms. The summed E-state index contributed by atoms with van der Waals surface area (Å²) < 4.78 is 0. The van der Waals surface area contributed by atoms with Crippen LogP contribution in [0.1, 0.15) is 6.92 Å². The van der Waals surface area contributed by atoms with Crippen molar-refractivity contribution < 1.29 is 4.79 Å². The third-order valence-electron chi connectivity index (χ3n) is 1.11. The monoisotopic (exact) mass is 187 g/mol. The standard InChI is InChI=1S/C6H6ClN3O2/c1-3(11)9-5-4(7)2-8-10-6(5)12/h2H,1H3,(H,10,12)(H,8,9,11). The number of hydrogen-bond acceptors (Lipinski definition) is 3. The molecule has 1 rings (SSSR count). The fourth-order valence-corrected chi connectivity index (χ4v) is 0.851. The molecule has 2 N–H and O–H groups in total. The van der Waals surface area contributed by atoms with Gasteiger partial charge in [0.1, 0.15) is 5.69 Å². The van der Waals surface area contributed by atoms with Gasteiger partial charge in [0.2, 0.25) is 5.91 Å². The molecule has 0 saturated carbocycles. The zero-order valence-corrected chi connectivity index (χ0v) is 6.97. The van der Waals surface area contributed by atoms with E-state index in [-0.39, 0.29) is 16.6 Å². The Morgan fingerprint density at radius 2 is 2.42 bits per heavy atom. The Morgan fingerprint density at radius 1 is 1.75 bits per heavy atom. The number of H-pyrrole nitrogens is 1. The number of halogens is 1. The number of carbonyl (C=O) groups excluding carboxylic acids is 1. The lowest BCUT2D eigenvalue weighted by molar-refractivity contribution is -0.114. The van der Waals surface area contributed by atoms with Crippen LogP contribution < -0.4 is 10.9 Å². The van der Waals surface area contributed by atoms with Gasteiger partial charge in [0.05, 0.1) is 11.2 Å². The molecule has 5 nitrogen and oxygen atoms in total. The van der Waals surface area contributed by atoms with Gasteiger partial charge < -0.3 is 5.32 Å². The van der Waals surface area contributed by atoms with Crippen LogP contribution in [-0.4, -0.2) is 16.1 Å². The van der Waals surface area contributed by atoms with Crippen LogP contribution in [0.2, 0.25) is 5.02 Å². The summed E-state index contributed by atoms with van der Waals surface area (Å²) in [4.78, 5) is 21.5. The summed E-state index contributed by atoms with van der Waals surface area (Å²) in [5.74, 6) is -0.353. The highest BCUT2D eigenvalue weighted by Crippen LogP contribution is 2.13. The number of hydrogen-bond donors (Lipinski definition) is 2. The van der Waals surface area contributed by atoms with Crippen molar-refractivity contribution in [3.63, 3.8) is 0 Å². The van der Waals surface area contributed by atoms with Crippen LogP contribution in [0.3, 0.4) is 0 Å². The minimum Gasteiger partial charge on any atom is -0.320 e. The lowest BCUT2D eigenvalue weighted by atomic mass is 10.4. The molecule has 0 aromatic carbocycles. The fraction of sp³-hybridized carbons (Fsp3) is 0.167. The summed E-state index contributed by atoms with van der Waals surface area (Å²) in [6.07, 6.45) is 1.24. The first-order chi connectivity index (χ1) is 5.61. The van der Waals surface area contributed by atoms with E-state index in [1.165, 1.54) is 13.1 Å². The summed E-state index contributed by atoms with van der Waals surface area (Å²) in [6, 6.07) is 0. The summed E-state index contributed by atoms with van der Waals surface area (Å²) in [5, 5.41) is 7.98. The first-order valence-electron chi connectivity index (χ1n) is 3.12. The van der Waals surface area contributed by atoms with E-state index < -0.39 is 5.56 Å². The molecule has 1 aromatic heterocycles. The predicted molar refractivity (Wildman–Crippen MR) is 44.2 cm³/mol. The van der Waals surface area contributed by atoms with E-state index in [2.05, 4.69) is 15.5 Å². The van der Waals surface area contributed by atoms with Crippen LogP contribution in [0.5, 0.6) is 0 Å². The Kier molecular flexibility index (Phi) is 2.44. The van der Waals surface area contributed by atoms with Gasteiger partial charge in [-0.15, -0.1) is 0 Å². The summed E-state index contributed by atoms with van der Waals surface area (Å²) in [7, 11) is 0. The van der Waals surface area contributed by atoms with E-state index in [0.717, 1.165) is 0 Å². The van der Waals surface area contributed by atoms with E-state index >= 15 is 0 Å². The third kappa shape index (κ3) is 1.82. The molecule has 0 aliphatic rings. The summed E-state index contributed by atoms with van der Waals surface area (Å²) in [5.41, 5.74) is -0.489. The molecule has 0 fully saturated rings. The van der Waals surface area contributed by atoms with Crippen LogP contribution in [0.15, 0.2) is 11.0 Å². The summed E-state index contributed by atoms with van der Waals surface area (Å²) in [6.45, 7) is 1.29. The molecule has 1 aromatic rings. The highest BCUT2D eigenvalue weighted by atomic mass is 35.5. The van der Waals surface area contributed by atoms with Gasteiger partial charge in [-0.3, -0.25) is 9.59 Å². The maximum absolute atomic E-state index is 11.0. The van der Waals surface area contributed by atoms with Crippen LogP contribution in [0, 0.1) is 0 Å². The highest BCUT2D eigenvalue weighted by Gasteiger charge is 2.05. The number of rotatable bonds is 1. The Hall–Kier alpha value is -1.36. The fourth-order valence-electron chi connectivity index (χ4n) is 0.669. The van der Waals surface area contributed by atoms with E-state index in [4.69, 9.17) is 11.6 Å². The van der Waals surface area contributed by atoms with Gasteiger partial charge in [0, 0.05) is 6.92 Å². The van der Waals surface area contributed by atoms with Gasteiger partial charge in [0.25, 0.3) is 5.56 Å². The van der Waals surface area contributed by atoms with Crippen LogP contribution in [-0.2, 0) is 4.79 Å². The SMILES string of the molecule is CC(=O)Nc1c(Cl)cn[nH]c1=O. The zero-order valence-electron chi connectivity index (χ0n) is 6.22.